The van der Waals surface area contributed by atoms with Gasteiger partial charge in [0.15, 0.2) is 11.5 Å². The topological polar surface area (TPSA) is 108 Å². The molecule has 1 N–H and O–H groups in total. The molecule has 2 aliphatic rings. The fourth-order valence-corrected chi connectivity index (χ4v) is 4.84. The molecule has 10 nitrogen and oxygen atoms in total. The summed E-state index contributed by atoms with van der Waals surface area (Å²) in [5.74, 6) is 3.03. The quantitative estimate of drug-likeness (QED) is 0.293. The Morgan fingerprint density at radius 3 is 2.62 bits per heavy atom. The van der Waals surface area contributed by atoms with Gasteiger partial charge in [-0.3, -0.25) is 4.79 Å². The smallest absolute Gasteiger partial charge is 0.246 e. The predicted molar refractivity (Wildman–Crippen MR) is 149 cm³/mol. The van der Waals surface area contributed by atoms with Crippen LogP contribution < -0.4 is 19.5 Å². The Hall–Kier alpha value is -4.57. The number of rotatable bonds is 9. The molecule has 2 aliphatic heterocycles. The van der Waals surface area contributed by atoms with E-state index < -0.39 is 0 Å². The zero-order valence-corrected chi connectivity index (χ0v) is 22.2. The van der Waals surface area contributed by atoms with Gasteiger partial charge in [-0.05, 0) is 42.5 Å². The van der Waals surface area contributed by atoms with Crippen LogP contribution in [0, 0.1) is 0 Å². The van der Waals surface area contributed by atoms with Gasteiger partial charge in [-0.2, -0.15) is 0 Å². The molecule has 2 saturated heterocycles. The Balaban J connectivity index is 1.32. The summed E-state index contributed by atoms with van der Waals surface area (Å²) >= 11 is 0. The first-order valence-electron chi connectivity index (χ1n) is 13.2. The second-order valence-corrected chi connectivity index (χ2v) is 9.67. The summed E-state index contributed by atoms with van der Waals surface area (Å²) in [5, 5.41) is 4.22. The highest BCUT2D eigenvalue weighted by Gasteiger charge is 2.32. The maximum atomic E-state index is 11.8. The highest BCUT2D eigenvalue weighted by molar-refractivity contribution is 5.94. The fourth-order valence-electron chi connectivity index (χ4n) is 4.84. The van der Waals surface area contributed by atoms with E-state index in [2.05, 4.69) is 21.9 Å². The number of nitrogens with one attached hydrogen (secondary N) is 1. The van der Waals surface area contributed by atoms with E-state index in [1.807, 2.05) is 42.5 Å². The lowest BCUT2D eigenvalue weighted by Gasteiger charge is -2.38. The SMILES string of the molecule is C=CC(=O)N1CC(Oc2cc3c(Nc4cc(-c5ccco5)ccc4OC4CCOCC4)ncnc3cc2OC)C1. The van der Waals surface area contributed by atoms with Gasteiger partial charge in [0.1, 0.15) is 35.9 Å². The monoisotopic (exact) mass is 542 g/mol. The normalized spacial score (nSPS) is 15.9. The first-order valence-corrected chi connectivity index (χ1v) is 13.2. The number of amides is 1. The van der Waals surface area contributed by atoms with Crippen molar-refractivity contribution in [1.29, 1.82) is 0 Å². The number of fused-ring (bicyclic) bond motifs is 1. The van der Waals surface area contributed by atoms with E-state index in [1.165, 1.54) is 12.4 Å². The van der Waals surface area contributed by atoms with E-state index in [4.69, 9.17) is 23.4 Å². The number of anilines is 2. The Kier molecular flexibility index (Phi) is 7.24. The number of methoxy groups -OCH3 is 1. The molecule has 0 radical (unpaired) electrons. The van der Waals surface area contributed by atoms with Crippen molar-refractivity contribution in [3.63, 3.8) is 0 Å². The molecule has 0 unspecified atom stereocenters. The molecule has 2 aromatic carbocycles. The summed E-state index contributed by atoms with van der Waals surface area (Å²) in [4.78, 5) is 22.5. The maximum absolute atomic E-state index is 11.8. The molecule has 1 amide bonds. The van der Waals surface area contributed by atoms with Crippen molar-refractivity contribution < 1.29 is 28.2 Å². The average molecular weight is 543 g/mol. The van der Waals surface area contributed by atoms with Crippen LogP contribution in [0.25, 0.3) is 22.2 Å². The molecule has 0 atom stereocenters. The van der Waals surface area contributed by atoms with Gasteiger partial charge in [-0.15, -0.1) is 0 Å². The van der Waals surface area contributed by atoms with Crippen molar-refractivity contribution in [2.45, 2.75) is 25.0 Å². The number of hydrogen-bond acceptors (Lipinski definition) is 9. The van der Waals surface area contributed by atoms with Crippen LogP contribution in [0.4, 0.5) is 11.5 Å². The van der Waals surface area contributed by atoms with Crippen LogP contribution in [0.2, 0.25) is 0 Å². The van der Waals surface area contributed by atoms with Gasteiger partial charge in [0.05, 0.1) is 50.9 Å². The third-order valence-electron chi connectivity index (χ3n) is 7.05. The van der Waals surface area contributed by atoms with Gasteiger partial charge in [0, 0.05) is 29.9 Å². The number of furan rings is 1. The fraction of sp³-hybridized carbons (Fsp3) is 0.300. The first-order chi connectivity index (χ1) is 19.6. The van der Waals surface area contributed by atoms with Crippen molar-refractivity contribution in [2.75, 3.05) is 38.7 Å². The lowest BCUT2D eigenvalue weighted by atomic mass is 10.1. The number of ether oxygens (including phenoxy) is 4. The third-order valence-corrected chi connectivity index (χ3v) is 7.05. The van der Waals surface area contributed by atoms with E-state index in [1.54, 1.807) is 18.3 Å². The molecule has 4 heterocycles. The molecule has 2 aromatic heterocycles. The first kappa shape index (κ1) is 25.7. The van der Waals surface area contributed by atoms with Crippen LogP contribution in [0.3, 0.4) is 0 Å². The van der Waals surface area contributed by atoms with Crippen LogP contribution in [0.1, 0.15) is 12.8 Å². The van der Waals surface area contributed by atoms with Crippen LogP contribution in [-0.4, -0.2) is 66.4 Å². The second kappa shape index (κ2) is 11.3. The highest BCUT2D eigenvalue weighted by atomic mass is 16.5. The number of carbonyl (C=O) groups is 1. The summed E-state index contributed by atoms with van der Waals surface area (Å²) < 4.78 is 29.4. The lowest BCUT2D eigenvalue weighted by molar-refractivity contribution is -0.134. The number of likely N-dealkylation sites (tertiary alicyclic amines) is 1. The van der Waals surface area contributed by atoms with Gasteiger partial charge in [-0.1, -0.05) is 6.58 Å². The molecule has 0 bridgehead atoms. The summed E-state index contributed by atoms with van der Waals surface area (Å²) in [6, 6.07) is 13.4. The Morgan fingerprint density at radius 1 is 1.05 bits per heavy atom. The molecule has 206 valence electrons. The van der Waals surface area contributed by atoms with Crippen molar-refractivity contribution in [3.8, 4) is 28.6 Å². The summed E-state index contributed by atoms with van der Waals surface area (Å²) in [6.45, 7) is 5.87. The number of nitrogens with zero attached hydrogens (tertiary/aromatic N) is 3. The van der Waals surface area contributed by atoms with Crippen LogP contribution in [0.15, 0.2) is 72.1 Å². The molecular formula is C30H30N4O6. The molecule has 6 rings (SSSR count). The minimum Gasteiger partial charge on any atom is -0.493 e. The maximum Gasteiger partial charge on any atom is 0.246 e. The second-order valence-electron chi connectivity index (χ2n) is 9.67. The summed E-state index contributed by atoms with van der Waals surface area (Å²) in [5.41, 5.74) is 2.34. The van der Waals surface area contributed by atoms with Gasteiger partial charge < -0.3 is 33.6 Å². The van der Waals surface area contributed by atoms with Gasteiger partial charge >= 0.3 is 0 Å². The number of aromatic nitrogens is 2. The van der Waals surface area contributed by atoms with E-state index in [0.717, 1.165) is 35.2 Å². The van der Waals surface area contributed by atoms with E-state index in [-0.39, 0.29) is 18.1 Å². The van der Waals surface area contributed by atoms with Gasteiger partial charge in [0.25, 0.3) is 0 Å². The van der Waals surface area contributed by atoms with E-state index in [9.17, 15) is 4.79 Å². The molecule has 0 spiro atoms. The summed E-state index contributed by atoms with van der Waals surface area (Å²) in [6.07, 6.45) is 6.02. The average Bonchev–Trinajstić information content (AvgIpc) is 3.51. The Morgan fingerprint density at radius 2 is 1.88 bits per heavy atom. The molecule has 40 heavy (non-hydrogen) atoms. The number of carbonyl (C=O) groups excluding carboxylic acids is 1. The molecule has 4 aromatic rings. The predicted octanol–water partition coefficient (Wildman–Crippen LogP) is 4.98. The van der Waals surface area contributed by atoms with Crippen LogP contribution >= 0.6 is 0 Å². The van der Waals surface area contributed by atoms with E-state index in [0.29, 0.717) is 54.9 Å². The minimum absolute atomic E-state index is 0.0604. The van der Waals surface area contributed by atoms with Gasteiger partial charge in [-0.25, -0.2) is 9.97 Å². The molecular weight excluding hydrogens is 512 g/mol. The van der Waals surface area contributed by atoms with Crippen LogP contribution in [-0.2, 0) is 9.53 Å². The zero-order valence-electron chi connectivity index (χ0n) is 22.2. The largest absolute Gasteiger partial charge is 0.493 e. The molecule has 0 saturated carbocycles. The van der Waals surface area contributed by atoms with Crippen LogP contribution in [0.5, 0.6) is 17.2 Å². The zero-order chi connectivity index (χ0) is 27.5. The summed E-state index contributed by atoms with van der Waals surface area (Å²) in [7, 11) is 1.59. The lowest BCUT2D eigenvalue weighted by Crippen LogP contribution is -2.55. The molecule has 0 aliphatic carbocycles. The van der Waals surface area contributed by atoms with Crippen molar-refractivity contribution in [2.24, 2.45) is 0 Å². The minimum atomic E-state index is -0.152. The molecule has 10 heteroatoms. The number of hydrogen-bond donors (Lipinski definition) is 1. The molecule has 2 fully saturated rings. The Bertz CT molecular complexity index is 1510. The highest BCUT2D eigenvalue weighted by Crippen LogP contribution is 2.39. The van der Waals surface area contributed by atoms with E-state index >= 15 is 0 Å². The van der Waals surface area contributed by atoms with Crippen molar-refractivity contribution in [1.82, 2.24) is 14.9 Å². The number of benzene rings is 2. The third kappa shape index (κ3) is 5.30. The standard InChI is InChI=1S/C30H30N4O6/c1-3-29(35)34-16-21(17-34)40-28-14-22-23(15-27(28)36-2)31-18-32-30(22)33-24-13-19(25-5-4-10-38-25)6-7-26(24)39-20-8-11-37-12-9-20/h3-7,10,13-15,18,20-21H,1,8-9,11-12,16-17H2,2H3,(H,31,32,33). The van der Waals surface area contributed by atoms with Gasteiger partial charge in [0.2, 0.25) is 5.91 Å². The Labute approximate surface area is 231 Å². The van der Waals surface area contributed by atoms with Crippen molar-refractivity contribution in [3.05, 3.63) is 67.7 Å². The van der Waals surface area contributed by atoms with Crippen molar-refractivity contribution >= 4 is 28.3 Å².